The van der Waals surface area contributed by atoms with E-state index in [9.17, 15) is 13.2 Å². The number of nitrogens with one attached hydrogen (secondary N) is 1. The van der Waals surface area contributed by atoms with Crippen LogP contribution in [-0.4, -0.2) is 11.5 Å². The first-order valence-electron chi connectivity index (χ1n) is 5.35. The van der Waals surface area contributed by atoms with E-state index in [1.54, 1.807) is 12.3 Å². The lowest BCUT2D eigenvalue weighted by atomic mass is 10.2. The van der Waals surface area contributed by atoms with Crippen LogP contribution >= 0.6 is 0 Å². The molecular formula is C12H11F3N2O. The molecule has 3 nitrogen and oxygen atoms in total. The van der Waals surface area contributed by atoms with Crippen LogP contribution in [0.25, 0.3) is 0 Å². The van der Waals surface area contributed by atoms with Gasteiger partial charge in [0, 0.05) is 19.2 Å². The molecule has 0 aliphatic heterocycles. The van der Waals surface area contributed by atoms with Gasteiger partial charge in [0.2, 0.25) is 0 Å². The van der Waals surface area contributed by atoms with Gasteiger partial charge in [0.15, 0.2) is 0 Å². The summed E-state index contributed by atoms with van der Waals surface area (Å²) < 4.78 is 42.0. The molecule has 96 valence electrons. The minimum atomic E-state index is -4.35. The number of halogens is 3. The molecule has 0 aliphatic carbocycles. The van der Waals surface area contributed by atoms with Crippen LogP contribution in [0.3, 0.4) is 0 Å². The van der Waals surface area contributed by atoms with Crippen molar-refractivity contribution < 1.29 is 17.6 Å². The van der Waals surface area contributed by atoms with E-state index in [1.807, 2.05) is 6.07 Å². The van der Waals surface area contributed by atoms with E-state index in [0.29, 0.717) is 18.8 Å². The second-order valence-corrected chi connectivity index (χ2v) is 3.69. The number of furan rings is 1. The van der Waals surface area contributed by atoms with Crippen LogP contribution < -0.4 is 5.32 Å². The lowest BCUT2D eigenvalue weighted by Gasteiger charge is -2.08. The van der Waals surface area contributed by atoms with E-state index in [-0.39, 0.29) is 0 Å². The molecule has 0 spiro atoms. The molecule has 2 rings (SSSR count). The summed E-state index contributed by atoms with van der Waals surface area (Å²) in [6, 6.07) is 5.93. The van der Waals surface area contributed by atoms with Gasteiger partial charge in [0.05, 0.1) is 11.8 Å². The SMILES string of the molecule is FC(F)(F)c1ccc(NCCc2ccco2)nc1. The number of nitrogens with zero attached hydrogens (tertiary/aromatic N) is 1. The summed E-state index contributed by atoms with van der Waals surface area (Å²) >= 11 is 0. The fourth-order valence-electron chi connectivity index (χ4n) is 1.43. The topological polar surface area (TPSA) is 38.1 Å². The standard InChI is InChI=1S/C12H11F3N2O/c13-12(14,15)9-3-4-11(17-8-9)16-6-5-10-2-1-7-18-10/h1-4,7-8H,5-6H2,(H,16,17). The number of rotatable bonds is 4. The third kappa shape index (κ3) is 3.26. The van der Waals surface area contributed by atoms with Crippen molar-refractivity contribution >= 4 is 5.82 Å². The maximum Gasteiger partial charge on any atom is 0.417 e. The molecule has 1 N–H and O–H groups in total. The molecule has 2 aromatic heterocycles. The average molecular weight is 256 g/mol. The highest BCUT2D eigenvalue weighted by atomic mass is 19.4. The fraction of sp³-hybridized carbons (Fsp3) is 0.250. The van der Waals surface area contributed by atoms with Crippen LogP contribution in [0.4, 0.5) is 19.0 Å². The van der Waals surface area contributed by atoms with Gasteiger partial charge < -0.3 is 9.73 Å². The lowest BCUT2D eigenvalue weighted by molar-refractivity contribution is -0.137. The maximum atomic E-state index is 12.3. The second-order valence-electron chi connectivity index (χ2n) is 3.69. The Morgan fingerprint density at radius 3 is 2.61 bits per heavy atom. The Hall–Kier alpha value is -1.98. The van der Waals surface area contributed by atoms with Crippen LogP contribution in [0.1, 0.15) is 11.3 Å². The monoisotopic (exact) mass is 256 g/mol. The number of anilines is 1. The second kappa shape index (κ2) is 5.12. The number of hydrogen-bond acceptors (Lipinski definition) is 3. The Labute approximate surface area is 102 Å². The van der Waals surface area contributed by atoms with Gasteiger partial charge >= 0.3 is 6.18 Å². The molecule has 0 unspecified atom stereocenters. The normalized spacial score (nSPS) is 11.5. The van der Waals surface area contributed by atoms with Crippen molar-refractivity contribution in [1.82, 2.24) is 4.98 Å². The van der Waals surface area contributed by atoms with Crippen LogP contribution in [0.15, 0.2) is 41.1 Å². The molecule has 18 heavy (non-hydrogen) atoms. The predicted molar refractivity (Wildman–Crippen MR) is 60.1 cm³/mol. The summed E-state index contributed by atoms with van der Waals surface area (Å²) in [6.45, 7) is 0.547. The minimum Gasteiger partial charge on any atom is -0.469 e. The van der Waals surface area contributed by atoms with Gasteiger partial charge in [-0.15, -0.1) is 0 Å². The molecule has 0 radical (unpaired) electrons. The van der Waals surface area contributed by atoms with E-state index in [0.717, 1.165) is 18.0 Å². The first-order valence-corrected chi connectivity index (χ1v) is 5.35. The van der Waals surface area contributed by atoms with Crippen LogP contribution in [-0.2, 0) is 12.6 Å². The van der Waals surface area contributed by atoms with E-state index >= 15 is 0 Å². The summed E-state index contributed by atoms with van der Waals surface area (Å²) in [7, 11) is 0. The van der Waals surface area contributed by atoms with Crippen molar-refractivity contribution in [2.24, 2.45) is 0 Å². The molecule has 0 fully saturated rings. The zero-order valence-electron chi connectivity index (χ0n) is 9.37. The van der Waals surface area contributed by atoms with Crippen molar-refractivity contribution in [2.75, 3.05) is 11.9 Å². The Morgan fingerprint density at radius 1 is 1.22 bits per heavy atom. The predicted octanol–water partition coefficient (Wildman–Crippen LogP) is 3.35. The highest BCUT2D eigenvalue weighted by Gasteiger charge is 2.30. The third-order valence-electron chi connectivity index (χ3n) is 2.35. The third-order valence-corrected chi connectivity index (χ3v) is 2.35. The molecule has 0 atom stereocenters. The number of hydrogen-bond donors (Lipinski definition) is 1. The van der Waals surface area contributed by atoms with E-state index in [2.05, 4.69) is 10.3 Å². The Balaban J connectivity index is 1.87. The van der Waals surface area contributed by atoms with Crippen molar-refractivity contribution in [3.8, 4) is 0 Å². The largest absolute Gasteiger partial charge is 0.469 e. The molecule has 0 saturated carbocycles. The molecule has 0 bridgehead atoms. The molecule has 2 aromatic rings. The maximum absolute atomic E-state index is 12.3. The van der Waals surface area contributed by atoms with Gasteiger partial charge in [-0.05, 0) is 24.3 Å². The van der Waals surface area contributed by atoms with Crippen molar-refractivity contribution in [2.45, 2.75) is 12.6 Å². The van der Waals surface area contributed by atoms with Crippen LogP contribution in [0.5, 0.6) is 0 Å². The highest BCUT2D eigenvalue weighted by Crippen LogP contribution is 2.28. The first kappa shape index (κ1) is 12.5. The molecule has 0 amide bonds. The summed E-state index contributed by atoms with van der Waals surface area (Å²) in [5.41, 5.74) is -0.751. The van der Waals surface area contributed by atoms with Gasteiger partial charge in [0.25, 0.3) is 0 Å². The first-order chi connectivity index (χ1) is 8.55. The minimum absolute atomic E-state index is 0.412. The summed E-state index contributed by atoms with van der Waals surface area (Å²) in [6.07, 6.45) is -1.31. The summed E-state index contributed by atoms with van der Waals surface area (Å²) in [5, 5.41) is 2.92. The number of alkyl halides is 3. The average Bonchev–Trinajstić information content (AvgIpc) is 2.82. The molecule has 0 aromatic carbocycles. The van der Waals surface area contributed by atoms with E-state index < -0.39 is 11.7 Å². The highest BCUT2D eigenvalue weighted by molar-refractivity contribution is 5.36. The number of pyridine rings is 1. The zero-order chi connectivity index (χ0) is 13.0. The van der Waals surface area contributed by atoms with Gasteiger partial charge in [0.1, 0.15) is 11.6 Å². The van der Waals surface area contributed by atoms with Gasteiger partial charge in [-0.2, -0.15) is 13.2 Å². The fourth-order valence-corrected chi connectivity index (χ4v) is 1.43. The van der Waals surface area contributed by atoms with Crippen molar-refractivity contribution in [3.05, 3.63) is 48.0 Å². The number of aromatic nitrogens is 1. The quantitative estimate of drug-likeness (QED) is 0.911. The summed E-state index contributed by atoms with van der Waals surface area (Å²) in [4.78, 5) is 3.70. The van der Waals surface area contributed by atoms with Crippen LogP contribution in [0.2, 0.25) is 0 Å². The van der Waals surface area contributed by atoms with E-state index in [4.69, 9.17) is 4.42 Å². The summed E-state index contributed by atoms with van der Waals surface area (Å²) in [5.74, 6) is 1.23. The molecule has 0 aliphatic rings. The zero-order valence-corrected chi connectivity index (χ0v) is 9.37. The Bertz CT molecular complexity index is 477. The lowest BCUT2D eigenvalue weighted by Crippen LogP contribution is -2.08. The van der Waals surface area contributed by atoms with Gasteiger partial charge in [-0.25, -0.2) is 4.98 Å². The molecule has 0 saturated heterocycles. The van der Waals surface area contributed by atoms with Crippen molar-refractivity contribution in [1.29, 1.82) is 0 Å². The van der Waals surface area contributed by atoms with Gasteiger partial charge in [-0.3, -0.25) is 0 Å². The Morgan fingerprint density at radius 2 is 2.06 bits per heavy atom. The molecule has 6 heteroatoms. The van der Waals surface area contributed by atoms with E-state index in [1.165, 1.54) is 6.07 Å². The smallest absolute Gasteiger partial charge is 0.417 e. The van der Waals surface area contributed by atoms with Crippen LogP contribution in [0, 0.1) is 0 Å². The molecule has 2 heterocycles. The molecular weight excluding hydrogens is 245 g/mol. The Kier molecular flexibility index (Phi) is 3.55. The van der Waals surface area contributed by atoms with Gasteiger partial charge in [-0.1, -0.05) is 0 Å². The van der Waals surface area contributed by atoms with Crippen molar-refractivity contribution in [3.63, 3.8) is 0 Å².